The van der Waals surface area contributed by atoms with Gasteiger partial charge in [0.1, 0.15) is 5.52 Å². The number of anilines is 3. The van der Waals surface area contributed by atoms with E-state index in [0.717, 1.165) is 33.7 Å². The quantitative estimate of drug-likeness (QED) is 0.163. The van der Waals surface area contributed by atoms with Gasteiger partial charge in [-0.2, -0.15) is 0 Å². The summed E-state index contributed by atoms with van der Waals surface area (Å²) in [5, 5.41) is 4.93. The monoisotopic (exact) mass is 746 g/mol. The second-order valence-corrected chi connectivity index (χ2v) is 15.5. The van der Waals surface area contributed by atoms with Crippen molar-refractivity contribution < 1.29 is 4.42 Å². The Balaban J connectivity index is 0.957. The minimum absolute atomic E-state index is 0.651. The van der Waals surface area contributed by atoms with Crippen LogP contribution in [0.3, 0.4) is 0 Å². The Bertz CT molecular complexity index is 3220. The normalized spacial score (nSPS) is 11.5. The summed E-state index contributed by atoms with van der Waals surface area (Å²) in [4.78, 5) is 7.21. The van der Waals surface area contributed by atoms with Crippen LogP contribution in [0.2, 0.25) is 0 Å². The van der Waals surface area contributed by atoms with Crippen molar-refractivity contribution in [2.75, 3.05) is 4.90 Å². The molecule has 0 unspecified atom stereocenters. The molecule has 0 amide bonds. The van der Waals surface area contributed by atoms with Gasteiger partial charge in [0.25, 0.3) is 0 Å². The first-order valence-corrected chi connectivity index (χ1v) is 20.0. The fourth-order valence-electron chi connectivity index (χ4n) is 8.01. The molecule has 0 saturated heterocycles. The Morgan fingerprint density at radius 3 is 1.72 bits per heavy atom. The highest BCUT2D eigenvalue weighted by atomic mass is 32.1. The molecule has 3 nitrogen and oxygen atoms in total. The Morgan fingerprint density at radius 1 is 0.404 bits per heavy atom. The van der Waals surface area contributed by atoms with Gasteiger partial charge in [0.15, 0.2) is 5.58 Å². The number of nitrogens with zero attached hydrogens (tertiary/aromatic N) is 2. The maximum absolute atomic E-state index is 6.21. The standard InChI is InChI=1S/C53H34N2OS/c1-3-12-38(13-4-1)45-17-9-10-18-49(45)55(43-26-21-36(22-27-43)41-20-19-35-11-7-8-16-40(35)31-41)44-28-23-37(24-29-44)42-25-30-46-47-33-48-50(34-52(47)57-51(46)32-42)56-53(54-48)39-14-5-2-6-15-39/h1-34H. The predicted octanol–water partition coefficient (Wildman–Crippen LogP) is 15.5. The topological polar surface area (TPSA) is 29.3 Å². The number of para-hydroxylation sites is 1. The Morgan fingerprint density at radius 2 is 0.982 bits per heavy atom. The lowest BCUT2D eigenvalue weighted by atomic mass is 9.99. The number of fused-ring (bicyclic) bond motifs is 5. The van der Waals surface area contributed by atoms with Crippen molar-refractivity contribution >= 4 is 70.4 Å². The zero-order valence-corrected chi connectivity index (χ0v) is 31.7. The van der Waals surface area contributed by atoms with Crippen LogP contribution in [0.25, 0.3) is 86.9 Å². The third-order valence-corrected chi connectivity index (χ3v) is 12.0. The summed E-state index contributed by atoms with van der Waals surface area (Å²) in [5.41, 5.74) is 13.1. The number of aromatic nitrogens is 1. The van der Waals surface area contributed by atoms with Gasteiger partial charge in [-0.3, -0.25) is 0 Å². The van der Waals surface area contributed by atoms with Gasteiger partial charge in [0, 0.05) is 48.7 Å². The molecule has 2 aromatic heterocycles. The van der Waals surface area contributed by atoms with Crippen molar-refractivity contribution in [1.82, 2.24) is 4.98 Å². The first kappa shape index (κ1) is 33.1. The number of benzene rings is 9. The molecule has 57 heavy (non-hydrogen) atoms. The fraction of sp³-hybridized carbons (Fsp3) is 0. The van der Waals surface area contributed by atoms with Crippen LogP contribution >= 0.6 is 11.3 Å². The van der Waals surface area contributed by atoms with Crippen LogP contribution in [0, 0.1) is 0 Å². The van der Waals surface area contributed by atoms with Gasteiger partial charge in [0.2, 0.25) is 5.89 Å². The summed E-state index contributed by atoms with van der Waals surface area (Å²) in [6.45, 7) is 0. The van der Waals surface area contributed by atoms with Crippen LogP contribution in [0.15, 0.2) is 211 Å². The number of hydrogen-bond acceptors (Lipinski definition) is 4. The van der Waals surface area contributed by atoms with E-state index in [-0.39, 0.29) is 0 Å². The van der Waals surface area contributed by atoms with Crippen LogP contribution in [0.4, 0.5) is 17.1 Å². The van der Waals surface area contributed by atoms with Crippen molar-refractivity contribution in [2.45, 2.75) is 0 Å². The number of oxazole rings is 1. The maximum Gasteiger partial charge on any atom is 0.227 e. The van der Waals surface area contributed by atoms with Crippen LogP contribution in [-0.4, -0.2) is 4.98 Å². The molecule has 0 aliphatic carbocycles. The van der Waals surface area contributed by atoms with E-state index >= 15 is 0 Å². The molecule has 11 aromatic rings. The van der Waals surface area contributed by atoms with Gasteiger partial charge in [-0.15, -0.1) is 11.3 Å². The summed E-state index contributed by atoms with van der Waals surface area (Å²) < 4.78 is 8.65. The zero-order valence-electron chi connectivity index (χ0n) is 30.8. The summed E-state index contributed by atoms with van der Waals surface area (Å²) >= 11 is 1.80. The zero-order chi connectivity index (χ0) is 37.7. The van der Waals surface area contributed by atoms with Crippen molar-refractivity contribution in [3.05, 3.63) is 206 Å². The average Bonchev–Trinajstić information content (AvgIpc) is 3.87. The van der Waals surface area contributed by atoms with Crippen molar-refractivity contribution in [1.29, 1.82) is 0 Å². The SMILES string of the molecule is c1ccc(-c2nc3cc4c(cc3o2)sc2cc(-c3ccc(N(c5ccc(-c6ccc7ccccc7c6)cc5)c5ccccc5-c5ccccc5)cc3)ccc24)cc1. The summed E-state index contributed by atoms with van der Waals surface area (Å²) in [5.74, 6) is 0.651. The van der Waals surface area contributed by atoms with Gasteiger partial charge in [0.05, 0.1) is 5.69 Å². The molecule has 0 saturated carbocycles. The highest BCUT2D eigenvalue weighted by molar-refractivity contribution is 7.25. The van der Waals surface area contributed by atoms with Crippen molar-refractivity contribution in [3.8, 4) is 44.8 Å². The van der Waals surface area contributed by atoms with Gasteiger partial charge >= 0.3 is 0 Å². The minimum Gasteiger partial charge on any atom is -0.436 e. The van der Waals surface area contributed by atoms with Gasteiger partial charge in [-0.25, -0.2) is 4.98 Å². The second-order valence-electron chi connectivity index (χ2n) is 14.4. The highest BCUT2D eigenvalue weighted by Crippen LogP contribution is 2.43. The van der Waals surface area contributed by atoms with Gasteiger partial charge in [-0.05, 0) is 99.3 Å². The molecule has 0 atom stereocenters. The summed E-state index contributed by atoms with van der Waals surface area (Å²) in [6.07, 6.45) is 0. The van der Waals surface area contributed by atoms with Gasteiger partial charge in [-0.1, -0.05) is 140 Å². The molecule has 0 spiro atoms. The Kier molecular flexibility index (Phi) is 8.01. The number of rotatable bonds is 7. The lowest BCUT2D eigenvalue weighted by Crippen LogP contribution is -2.11. The molecule has 2 heterocycles. The molecule has 9 aromatic carbocycles. The Labute approximate surface area is 334 Å². The Hall–Kier alpha value is -7.27. The van der Waals surface area contributed by atoms with Crippen molar-refractivity contribution in [2.24, 2.45) is 0 Å². The lowest BCUT2D eigenvalue weighted by Gasteiger charge is -2.28. The molecule has 0 radical (unpaired) electrons. The van der Waals surface area contributed by atoms with Crippen molar-refractivity contribution in [3.63, 3.8) is 0 Å². The molecule has 0 fully saturated rings. The number of thiophene rings is 1. The van der Waals surface area contributed by atoms with E-state index in [1.165, 1.54) is 64.3 Å². The molecule has 0 bridgehead atoms. The van der Waals surface area contributed by atoms with Crippen LogP contribution in [-0.2, 0) is 0 Å². The summed E-state index contributed by atoms with van der Waals surface area (Å²) in [6, 6.07) is 73.7. The molecule has 4 heteroatoms. The predicted molar refractivity (Wildman–Crippen MR) is 241 cm³/mol. The maximum atomic E-state index is 6.21. The molecule has 0 aliphatic rings. The van der Waals surface area contributed by atoms with E-state index in [1.807, 2.05) is 30.3 Å². The number of hydrogen-bond donors (Lipinski definition) is 0. The van der Waals surface area contributed by atoms with E-state index in [9.17, 15) is 0 Å². The second kappa shape index (κ2) is 13.8. The molecule has 0 aliphatic heterocycles. The first-order chi connectivity index (χ1) is 28.2. The molecular formula is C53H34N2OS. The smallest absolute Gasteiger partial charge is 0.227 e. The highest BCUT2D eigenvalue weighted by Gasteiger charge is 2.18. The van der Waals surface area contributed by atoms with E-state index in [0.29, 0.717) is 5.89 Å². The largest absolute Gasteiger partial charge is 0.436 e. The van der Waals surface area contributed by atoms with Crippen LogP contribution in [0.5, 0.6) is 0 Å². The van der Waals surface area contributed by atoms with Crippen LogP contribution in [0.1, 0.15) is 0 Å². The average molecular weight is 747 g/mol. The fourth-order valence-corrected chi connectivity index (χ4v) is 9.17. The molecule has 11 rings (SSSR count). The summed E-state index contributed by atoms with van der Waals surface area (Å²) in [7, 11) is 0. The third-order valence-electron chi connectivity index (χ3n) is 10.9. The lowest BCUT2D eigenvalue weighted by molar-refractivity contribution is 0.620. The van der Waals surface area contributed by atoms with E-state index in [4.69, 9.17) is 9.40 Å². The first-order valence-electron chi connectivity index (χ1n) is 19.2. The minimum atomic E-state index is 0.651. The van der Waals surface area contributed by atoms with Crippen LogP contribution < -0.4 is 4.90 Å². The van der Waals surface area contributed by atoms with E-state index < -0.39 is 0 Å². The van der Waals surface area contributed by atoms with Gasteiger partial charge < -0.3 is 9.32 Å². The molecular weight excluding hydrogens is 713 g/mol. The third kappa shape index (κ3) is 6.04. The molecule has 268 valence electrons. The van der Waals surface area contributed by atoms with E-state index in [2.05, 4.69) is 181 Å². The molecule has 0 N–H and O–H groups in total. The van der Waals surface area contributed by atoms with E-state index in [1.54, 1.807) is 11.3 Å².